The van der Waals surface area contributed by atoms with Gasteiger partial charge in [-0.3, -0.25) is 4.79 Å². The minimum atomic E-state index is -0.362. The second-order valence-corrected chi connectivity index (χ2v) is 6.54. The fraction of sp³-hybridized carbons (Fsp3) is 0.923. The molecule has 0 bridgehead atoms. The molecule has 0 atom stereocenters. The number of piperidine rings is 1. The largest absolute Gasteiger partial charge is 0.347 e. The third kappa shape index (κ3) is 2.53. The lowest BCUT2D eigenvalue weighted by atomic mass is 9.97. The first kappa shape index (κ1) is 12.8. The molecular formula is C13H21NO3S. The summed E-state index contributed by atoms with van der Waals surface area (Å²) in [7, 11) is 0. The first-order valence-electron chi connectivity index (χ1n) is 6.94. The molecule has 0 radical (unpaired) electrons. The lowest BCUT2D eigenvalue weighted by molar-refractivity contribution is -0.188. The van der Waals surface area contributed by atoms with E-state index in [9.17, 15) is 4.79 Å². The molecule has 0 saturated carbocycles. The van der Waals surface area contributed by atoms with Crippen LogP contribution >= 0.6 is 11.8 Å². The third-order valence-corrected chi connectivity index (χ3v) is 5.27. The molecule has 0 aromatic heterocycles. The van der Waals surface area contributed by atoms with Crippen LogP contribution in [0.1, 0.15) is 25.7 Å². The van der Waals surface area contributed by atoms with Crippen LogP contribution in [0.15, 0.2) is 0 Å². The van der Waals surface area contributed by atoms with Gasteiger partial charge in [-0.2, -0.15) is 11.8 Å². The Morgan fingerprint density at radius 2 is 1.72 bits per heavy atom. The van der Waals surface area contributed by atoms with Crippen LogP contribution in [0, 0.1) is 5.92 Å². The van der Waals surface area contributed by atoms with Crippen molar-refractivity contribution in [3.63, 3.8) is 0 Å². The van der Waals surface area contributed by atoms with Crippen LogP contribution in [0.3, 0.4) is 0 Å². The molecule has 102 valence electrons. The van der Waals surface area contributed by atoms with E-state index in [4.69, 9.17) is 9.47 Å². The number of hydrogen-bond acceptors (Lipinski definition) is 4. The Labute approximate surface area is 112 Å². The maximum atomic E-state index is 12.4. The molecule has 0 N–H and O–H groups in total. The average molecular weight is 271 g/mol. The van der Waals surface area contributed by atoms with Gasteiger partial charge in [0, 0.05) is 31.8 Å². The molecule has 3 rings (SSSR count). The van der Waals surface area contributed by atoms with E-state index in [0.717, 1.165) is 50.3 Å². The van der Waals surface area contributed by atoms with E-state index in [2.05, 4.69) is 0 Å². The molecule has 3 fully saturated rings. The highest BCUT2D eigenvalue weighted by molar-refractivity contribution is 7.99. The fourth-order valence-electron chi connectivity index (χ4n) is 3.06. The van der Waals surface area contributed by atoms with Crippen LogP contribution in [0.5, 0.6) is 0 Å². The number of carbonyl (C=O) groups excluding carboxylic acids is 1. The number of thioether (sulfide) groups is 1. The first-order chi connectivity index (χ1) is 8.79. The van der Waals surface area contributed by atoms with Gasteiger partial charge in [-0.15, -0.1) is 0 Å². The summed E-state index contributed by atoms with van der Waals surface area (Å²) in [6, 6.07) is 0. The maximum absolute atomic E-state index is 12.4. The monoisotopic (exact) mass is 271 g/mol. The summed E-state index contributed by atoms with van der Waals surface area (Å²) in [5, 5.41) is 0. The van der Waals surface area contributed by atoms with Crippen LogP contribution in [-0.4, -0.2) is 54.4 Å². The van der Waals surface area contributed by atoms with Crippen LogP contribution in [0.25, 0.3) is 0 Å². The summed E-state index contributed by atoms with van der Waals surface area (Å²) in [6.45, 7) is 2.99. The second kappa shape index (κ2) is 5.39. The van der Waals surface area contributed by atoms with Gasteiger partial charge in [0.1, 0.15) is 0 Å². The minimum absolute atomic E-state index is 0.269. The lowest BCUT2D eigenvalue weighted by Gasteiger charge is -2.39. The average Bonchev–Trinajstić information content (AvgIpc) is 2.88. The summed E-state index contributed by atoms with van der Waals surface area (Å²) >= 11 is 1.97. The lowest BCUT2D eigenvalue weighted by Crippen LogP contribution is -2.49. The predicted molar refractivity (Wildman–Crippen MR) is 70.5 cm³/mol. The molecule has 4 nitrogen and oxygen atoms in total. The normalized spacial score (nSPS) is 28.8. The van der Waals surface area contributed by atoms with Crippen molar-refractivity contribution in [1.29, 1.82) is 0 Å². The Morgan fingerprint density at radius 3 is 2.33 bits per heavy atom. The number of nitrogens with zero attached hydrogens (tertiary/aromatic N) is 1. The Kier molecular flexibility index (Phi) is 3.82. The second-order valence-electron chi connectivity index (χ2n) is 5.32. The smallest absolute Gasteiger partial charge is 0.225 e. The van der Waals surface area contributed by atoms with E-state index in [1.807, 2.05) is 16.7 Å². The molecule has 3 aliphatic rings. The molecule has 0 aromatic carbocycles. The molecule has 3 heterocycles. The Hall–Kier alpha value is -0.260. The Balaban J connectivity index is 1.53. The summed E-state index contributed by atoms with van der Waals surface area (Å²) in [4.78, 5) is 14.4. The molecule has 0 aliphatic carbocycles. The van der Waals surface area contributed by atoms with Crippen LogP contribution in [-0.2, 0) is 14.3 Å². The van der Waals surface area contributed by atoms with Crippen molar-refractivity contribution in [1.82, 2.24) is 4.90 Å². The highest BCUT2D eigenvalue weighted by atomic mass is 32.2. The molecular weight excluding hydrogens is 250 g/mol. The van der Waals surface area contributed by atoms with Gasteiger partial charge in [-0.05, 0) is 24.3 Å². The molecule has 5 heteroatoms. The van der Waals surface area contributed by atoms with Gasteiger partial charge in [-0.1, -0.05) is 0 Å². The van der Waals surface area contributed by atoms with Gasteiger partial charge >= 0.3 is 0 Å². The number of amides is 1. The molecule has 1 amide bonds. The number of likely N-dealkylation sites (tertiary alicyclic amines) is 1. The summed E-state index contributed by atoms with van der Waals surface area (Å²) in [5.74, 6) is 2.55. The van der Waals surface area contributed by atoms with Crippen LogP contribution in [0.2, 0.25) is 0 Å². The molecule has 1 spiro atoms. The Morgan fingerprint density at radius 1 is 1.11 bits per heavy atom. The Bertz CT molecular complexity index is 301. The molecule has 0 aromatic rings. The van der Waals surface area contributed by atoms with Crippen molar-refractivity contribution in [2.24, 2.45) is 5.92 Å². The van der Waals surface area contributed by atoms with Crippen LogP contribution < -0.4 is 0 Å². The molecule has 0 unspecified atom stereocenters. The zero-order valence-electron chi connectivity index (χ0n) is 10.7. The molecule has 3 saturated heterocycles. The van der Waals surface area contributed by atoms with Crippen molar-refractivity contribution in [3.8, 4) is 0 Å². The van der Waals surface area contributed by atoms with Crippen molar-refractivity contribution in [2.45, 2.75) is 31.5 Å². The van der Waals surface area contributed by atoms with Crippen molar-refractivity contribution in [3.05, 3.63) is 0 Å². The summed E-state index contributed by atoms with van der Waals surface area (Å²) in [5.41, 5.74) is 0. The van der Waals surface area contributed by atoms with Crippen molar-refractivity contribution in [2.75, 3.05) is 37.8 Å². The van der Waals surface area contributed by atoms with Gasteiger partial charge < -0.3 is 14.4 Å². The SMILES string of the molecule is O=C(C1CCSCC1)N1CCC2(CC1)OCCO2. The fourth-order valence-corrected chi connectivity index (χ4v) is 4.16. The zero-order valence-corrected chi connectivity index (χ0v) is 11.5. The number of rotatable bonds is 1. The topological polar surface area (TPSA) is 38.8 Å². The highest BCUT2D eigenvalue weighted by Gasteiger charge is 2.41. The standard InChI is InChI=1S/C13H21NO3S/c15-12(11-1-9-18-10-2-11)14-5-3-13(4-6-14)16-7-8-17-13/h11H,1-10H2. The van der Waals surface area contributed by atoms with E-state index >= 15 is 0 Å². The van der Waals surface area contributed by atoms with Gasteiger partial charge in [0.15, 0.2) is 5.79 Å². The van der Waals surface area contributed by atoms with E-state index in [1.165, 1.54) is 0 Å². The summed E-state index contributed by atoms with van der Waals surface area (Å²) in [6.07, 6.45) is 3.77. The zero-order chi connectivity index (χ0) is 12.4. The molecule has 18 heavy (non-hydrogen) atoms. The molecule has 3 aliphatic heterocycles. The van der Waals surface area contributed by atoms with E-state index < -0.39 is 0 Å². The van der Waals surface area contributed by atoms with Crippen molar-refractivity contribution < 1.29 is 14.3 Å². The number of hydrogen-bond donors (Lipinski definition) is 0. The van der Waals surface area contributed by atoms with Gasteiger partial charge in [-0.25, -0.2) is 0 Å². The quantitative estimate of drug-likeness (QED) is 0.724. The van der Waals surface area contributed by atoms with E-state index in [0.29, 0.717) is 19.1 Å². The van der Waals surface area contributed by atoms with E-state index in [1.54, 1.807) is 0 Å². The van der Waals surface area contributed by atoms with Gasteiger partial charge in [0.05, 0.1) is 13.2 Å². The van der Waals surface area contributed by atoms with Crippen LogP contribution in [0.4, 0.5) is 0 Å². The third-order valence-electron chi connectivity index (χ3n) is 4.22. The highest BCUT2D eigenvalue weighted by Crippen LogP contribution is 2.33. The number of carbonyl (C=O) groups is 1. The number of ether oxygens (including phenoxy) is 2. The van der Waals surface area contributed by atoms with E-state index in [-0.39, 0.29) is 11.7 Å². The van der Waals surface area contributed by atoms with Crippen molar-refractivity contribution >= 4 is 17.7 Å². The minimum Gasteiger partial charge on any atom is -0.347 e. The maximum Gasteiger partial charge on any atom is 0.225 e. The predicted octanol–water partition coefficient (Wildman–Crippen LogP) is 1.50. The summed E-state index contributed by atoms with van der Waals surface area (Å²) < 4.78 is 11.4. The first-order valence-corrected chi connectivity index (χ1v) is 8.09. The van der Waals surface area contributed by atoms with Gasteiger partial charge in [0.2, 0.25) is 5.91 Å². The van der Waals surface area contributed by atoms with Gasteiger partial charge in [0.25, 0.3) is 0 Å².